The van der Waals surface area contributed by atoms with Crippen molar-refractivity contribution in [2.45, 2.75) is 17.7 Å². The number of carbonyl (C=O) groups is 1. The van der Waals surface area contributed by atoms with Gasteiger partial charge in [0.25, 0.3) is 0 Å². The summed E-state index contributed by atoms with van der Waals surface area (Å²) in [6.45, 7) is 0. The van der Waals surface area contributed by atoms with Crippen LogP contribution in [0.25, 0.3) is 0 Å². The molecule has 3 heteroatoms. The summed E-state index contributed by atoms with van der Waals surface area (Å²) < 4.78 is 13.3. The molecule has 1 aromatic rings. The highest BCUT2D eigenvalue weighted by Gasteiger charge is 2.30. The number of carbonyl (C=O) groups excluding carboxylic acids is 1. The lowest BCUT2D eigenvalue weighted by atomic mass is 10.1. The van der Waals surface area contributed by atoms with Crippen LogP contribution in [0.2, 0.25) is 0 Å². The Balaban J connectivity index is 2.27. The first kappa shape index (κ1) is 9.71. The Morgan fingerprint density at radius 2 is 2.21 bits per heavy atom. The monoisotopic (exact) mass is 210 g/mol. The minimum Gasteiger partial charge on any atom is -0.294 e. The third-order valence-electron chi connectivity index (χ3n) is 2.38. The lowest BCUT2D eigenvalue weighted by Gasteiger charge is -2.02. The fourth-order valence-electron chi connectivity index (χ4n) is 1.40. The van der Waals surface area contributed by atoms with Crippen LogP contribution in [0, 0.1) is 11.7 Å². The van der Waals surface area contributed by atoms with E-state index in [0.29, 0.717) is 10.5 Å². The standard InChI is InChI=1S/C11H11FOS/c1-14-10-5-4-8(6-9(10)12)11(13)7-2-3-7/h4-7H,2-3H2,1H3. The molecule has 1 saturated carbocycles. The van der Waals surface area contributed by atoms with Crippen molar-refractivity contribution in [3.8, 4) is 0 Å². The van der Waals surface area contributed by atoms with Gasteiger partial charge in [0.2, 0.25) is 0 Å². The lowest BCUT2D eigenvalue weighted by molar-refractivity contribution is 0.0967. The van der Waals surface area contributed by atoms with Gasteiger partial charge >= 0.3 is 0 Å². The van der Waals surface area contributed by atoms with E-state index in [0.717, 1.165) is 12.8 Å². The lowest BCUT2D eigenvalue weighted by Crippen LogP contribution is -2.01. The molecule has 0 spiro atoms. The van der Waals surface area contributed by atoms with Crippen molar-refractivity contribution >= 4 is 17.5 Å². The average molecular weight is 210 g/mol. The van der Waals surface area contributed by atoms with E-state index in [-0.39, 0.29) is 17.5 Å². The van der Waals surface area contributed by atoms with Crippen LogP contribution < -0.4 is 0 Å². The maximum Gasteiger partial charge on any atom is 0.166 e. The Kier molecular flexibility index (Phi) is 2.59. The van der Waals surface area contributed by atoms with Gasteiger partial charge in [-0.25, -0.2) is 4.39 Å². The molecule has 0 radical (unpaired) electrons. The number of halogens is 1. The van der Waals surface area contributed by atoms with E-state index in [2.05, 4.69) is 0 Å². The van der Waals surface area contributed by atoms with Gasteiger partial charge in [0.15, 0.2) is 5.78 Å². The van der Waals surface area contributed by atoms with Crippen molar-refractivity contribution in [2.24, 2.45) is 5.92 Å². The summed E-state index contributed by atoms with van der Waals surface area (Å²) in [5.74, 6) is -0.0323. The van der Waals surface area contributed by atoms with Gasteiger partial charge in [-0.15, -0.1) is 11.8 Å². The predicted octanol–water partition coefficient (Wildman–Crippen LogP) is 3.14. The minimum absolute atomic E-state index is 0.0940. The van der Waals surface area contributed by atoms with E-state index in [1.54, 1.807) is 12.1 Å². The molecule has 0 atom stereocenters. The molecule has 1 aliphatic rings. The van der Waals surface area contributed by atoms with Crippen molar-refractivity contribution in [2.75, 3.05) is 6.26 Å². The summed E-state index contributed by atoms with van der Waals surface area (Å²) in [5.41, 5.74) is 0.516. The normalized spacial score (nSPS) is 15.6. The molecule has 0 amide bonds. The zero-order valence-electron chi connectivity index (χ0n) is 7.92. The molecule has 0 saturated heterocycles. The molecule has 0 N–H and O–H groups in total. The van der Waals surface area contributed by atoms with E-state index in [4.69, 9.17) is 0 Å². The summed E-state index contributed by atoms with van der Waals surface area (Å²) in [7, 11) is 0. The second-order valence-corrected chi connectivity index (χ2v) is 4.34. The highest BCUT2D eigenvalue weighted by atomic mass is 32.2. The van der Waals surface area contributed by atoms with Gasteiger partial charge in [0.1, 0.15) is 5.82 Å². The summed E-state index contributed by atoms with van der Waals surface area (Å²) in [5, 5.41) is 0. The molecule has 1 aliphatic carbocycles. The summed E-state index contributed by atoms with van der Waals surface area (Å²) in [6.07, 6.45) is 3.75. The molecule has 1 fully saturated rings. The van der Waals surface area contributed by atoms with Gasteiger partial charge in [-0.3, -0.25) is 4.79 Å². The number of Topliss-reactive ketones (excluding diaryl/α,β-unsaturated/α-hetero) is 1. The van der Waals surface area contributed by atoms with Crippen LogP contribution >= 0.6 is 11.8 Å². The fraction of sp³-hybridized carbons (Fsp3) is 0.364. The molecule has 1 nitrogen and oxygen atoms in total. The van der Waals surface area contributed by atoms with Gasteiger partial charge in [0.05, 0.1) is 0 Å². The minimum atomic E-state index is -0.288. The summed E-state index contributed by atoms with van der Waals surface area (Å²) >= 11 is 1.35. The van der Waals surface area contributed by atoms with Crippen LogP contribution in [0.5, 0.6) is 0 Å². The molecular formula is C11H11FOS. The summed E-state index contributed by atoms with van der Waals surface area (Å²) in [4.78, 5) is 12.2. The average Bonchev–Trinajstić information content (AvgIpc) is 3.00. The van der Waals surface area contributed by atoms with E-state index in [9.17, 15) is 9.18 Å². The van der Waals surface area contributed by atoms with Crippen molar-refractivity contribution in [1.82, 2.24) is 0 Å². The molecule has 2 rings (SSSR count). The first-order valence-electron chi connectivity index (χ1n) is 4.60. The second kappa shape index (κ2) is 3.73. The zero-order valence-corrected chi connectivity index (χ0v) is 8.73. The third kappa shape index (κ3) is 1.82. The maximum atomic E-state index is 13.3. The molecule has 0 aromatic heterocycles. The maximum absolute atomic E-state index is 13.3. The van der Waals surface area contributed by atoms with E-state index in [1.165, 1.54) is 17.8 Å². The number of hydrogen-bond donors (Lipinski definition) is 0. The smallest absolute Gasteiger partial charge is 0.166 e. The number of hydrogen-bond acceptors (Lipinski definition) is 2. The van der Waals surface area contributed by atoms with Crippen molar-refractivity contribution in [3.63, 3.8) is 0 Å². The van der Waals surface area contributed by atoms with Crippen molar-refractivity contribution in [1.29, 1.82) is 0 Å². The summed E-state index contributed by atoms with van der Waals surface area (Å²) in [6, 6.07) is 4.75. The number of benzene rings is 1. The van der Waals surface area contributed by atoms with Gasteiger partial charge in [-0.2, -0.15) is 0 Å². The topological polar surface area (TPSA) is 17.1 Å². The van der Waals surface area contributed by atoms with Gasteiger partial charge in [-0.05, 0) is 31.2 Å². The SMILES string of the molecule is CSc1ccc(C(=O)C2CC2)cc1F. The van der Waals surface area contributed by atoms with Gasteiger partial charge in [0, 0.05) is 16.4 Å². The molecular weight excluding hydrogens is 199 g/mol. The van der Waals surface area contributed by atoms with E-state index in [1.807, 2.05) is 6.26 Å². The van der Waals surface area contributed by atoms with Crippen LogP contribution in [0.15, 0.2) is 23.1 Å². The van der Waals surface area contributed by atoms with Crippen LogP contribution in [0.1, 0.15) is 23.2 Å². The molecule has 1 aromatic carbocycles. The van der Waals surface area contributed by atoms with Crippen LogP contribution in [-0.2, 0) is 0 Å². The van der Waals surface area contributed by atoms with Crippen LogP contribution in [-0.4, -0.2) is 12.0 Å². The first-order valence-corrected chi connectivity index (χ1v) is 5.82. The predicted molar refractivity (Wildman–Crippen MR) is 55.2 cm³/mol. The van der Waals surface area contributed by atoms with E-state index < -0.39 is 0 Å². The number of ketones is 1. The Labute approximate surface area is 86.7 Å². The third-order valence-corrected chi connectivity index (χ3v) is 3.16. The molecule has 0 bridgehead atoms. The molecule has 0 unspecified atom stereocenters. The van der Waals surface area contributed by atoms with Crippen molar-refractivity contribution in [3.05, 3.63) is 29.6 Å². The molecule has 0 heterocycles. The number of rotatable bonds is 3. The van der Waals surface area contributed by atoms with Gasteiger partial charge in [-0.1, -0.05) is 6.07 Å². The van der Waals surface area contributed by atoms with Gasteiger partial charge < -0.3 is 0 Å². The fourth-order valence-corrected chi connectivity index (χ4v) is 1.86. The second-order valence-electron chi connectivity index (χ2n) is 3.49. The highest BCUT2D eigenvalue weighted by molar-refractivity contribution is 7.98. The number of thioether (sulfide) groups is 1. The Hall–Kier alpha value is -0.830. The molecule has 0 aliphatic heterocycles. The quantitative estimate of drug-likeness (QED) is 0.563. The largest absolute Gasteiger partial charge is 0.294 e. The van der Waals surface area contributed by atoms with Crippen LogP contribution in [0.3, 0.4) is 0 Å². The first-order chi connectivity index (χ1) is 6.72. The highest BCUT2D eigenvalue weighted by Crippen LogP contribution is 2.33. The van der Waals surface area contributed by atoms with Crippen molar-refractivity contribution < 1.29 is 9.18 Å². The Morgan fingerprint density at radius 3 is 2.71 bits per heavy atom. The molecule has 74 valence electrons. The van der Waals surface area contributed by atoms with Crippen LogP contribution in [0.4, 0.5) is 4.39 Å². The molecule has 14 heavy (non-hydrogen) atoms. The zero-order chi connectivity index (χ0) is 10.1. The van der Waals surface area contributed by atoms with E-state index >= 15 is 0 Å². The Bertz CT molecular complexity index is 372. The Morgan fingerprint density at radius 1 is 1.50 bits per heavy atom.